The Morgan fingerprint density at radius 1 is 1.23 bits per heavy atom. The summed E-state index contributed by atoms with van der Waals surface area (Å²) in [5, 5.41) is 0. The molecule has 0 aromatic carbocycles. The van der Waals surface area contributed by atoms with Crippen molar-refractivity contribution in [1.29, 1.82) is 0 Å². The van der Waals surface area contributed by atoms with Gasteiger partial charge in [-0.05, 0) is 25.7 Å². The van der Waals surface area contributed by atoms with Gasteiger partial charge in [-0.3, -0.25) is 4.79 Å². The molecule has 13 heavy (non-hydrogen) atoms. The van der Waals surface area contributed by atoms with Crippen LogP contribution in [0.5, 0.6) is 0 Å². The number of esters is 1. The van der Waals surface area contributed by atoms with Crippen LogP contribution in [-0.4, -0.2) is 12.1 Å². The highest BCUT2D eigenvalue weighted by Gasteiger charge is 2.17. The maximum atomic E-state index is 10.7. The first-order valence-corrected chi connectivity index (χ1v) is 4.02. The van der Waals surface area contributed by atoms with Crippen molar-refractivity contribution in [3.8, 4) is 0 Å². The fourth-order valence-corrected chi connectivity index (χ4v) is 1.28. The molecule has 0 aliphatic heterocycles. The summed E-state index contributed by atoms with van der Waals surface area (Å²) in [6, 6.07) is 0. The summed E-state index contributed by atoms with van der Waals surface area (Å²) in [7, 11) is 0. The molecule has 0 atom stereocenters. The maximum Gasteiger partial charge on any atom is 0.305 e. The van der Waals surface area contributed by atoms with E-state index in [9.17, 15) is 4.79 Å². The van der Waals surface area contributed by atoms with Gasteiger partial charge >= 0.3 is 5.97 Å². The van der Waals surface area contributed by atoms with Crippen molar-refractivity contribution in [2.24, 2.45) is 0 Å². The topological polar surface area (TPSA) is 26.3 Å². The van der Waals surface area contributed by atoms with Crippen molar-refractivity contribution in [2.45, 2.75) is 45.1 Å². The van der Waals surface area contributed by atoms with E-state index in [4.69, 9.17) is 4.74 Å². The summed E-state index contributed by atoms with van der Waals surface area (Å²) in [4.78, 5) is 10.7. The van der Waals surface area contributed by atoms with E-state index in [-0.39, 0.29) is 49.3 Å². The van der Waals surface area contributed by atoms with Gasteiger partial charge < -0.3 is 4.74 Å². The van der Waals surface area contributed by atoms with Crippen LogP contribution in [0.3, 0.4) is 0 Å². The number of carbonyl (C=O) groups excluding carboxylic acids is 1. The minimum Gasteiger partial charge on any atom is -0.462 e. The predicted molar refractivity (Wildman–Crippen MR) is 60.4 cm³/mol. The molecule has 0 radical (unpaired) electrons. The molecule has 1 fully saturated rings. The molecule has 0 spiro atoms. The van der Waals surface area contributed by atoms with Crippen molar-refractivity contribution < 1.29 is 9.53 Å². The summed E-state index contributed by atoms with van der Waals surface area (Å²) in [6.45, 7) is 1.83. The van der Waals surface area contributed by atoms with Crippen molar-refractivity contribution in [3.05, 3.63) is 0 Å². The van der Waals surface area contributed by atoms with E-state index in [1.54, 1.807) is 0 Å². The summed E-state index contributed by atoms with van der Waals surface area (Å²) in [5.74, 6) is -0.0492. The average Bonchev–Trinajstić information content (AvgIpc) is 2.40. The highest BCUT2D eigenvalue weighted by molar-refractivity contribution is 5.86. The number of halogens is 3. The van der Waals surface area contributed by atoms with Crippen LogP contribution < -0.4 is 0 Å². The molecular weight excluding hydrogens is 234 g/mol. The molecule has 0 N–H and O–H groups in total. The summed E-state index contributed by atoms with van der Waals surface area (Å²) in [5.41, 5.74) is 0. The molecule has 5 heteroatoms. The molecule has 82 valence electrons. The Bertz CT molecular complexity index is 125. The molecule has 0 aromatic heterocycles. The first-order chi connectivity index (χ1) is 4.83. The minimum absolute atomic E-state index is 0. The van der Waals surface area contributed by atoms with Gasteiger partial charge in [0, 0.05) is 6.42 Å². The van der Waals surface area contributed by atoms with Gasteiger partial charge in [-0.15, -0.1) is 37.2 Å². The monoisotopic (exact) mass is 250 g/mol. The third kappa shape index (κ3) is 7.41. The van der Waals surface area contributed by atoms with E-state index in [1.165, 1.54) is 12.8 Å². The standard InChI is InChI=1S/C8H14O2.3ClH/c1-2-8(9)10-7-5-3-4-6-7;;;/h7H,2-6H2,1H3;3*1H. The van der Waals surface area contributed by atoms with Crippen LogP contribution in [0, 0.1) is 0 Å². The van der Waals surface area contributed by atoms with Gasteiger partial charge in [0.15, 0.2) is 0 Å². The predicted octanol–water partition coefficient (Wildman–Crippen LogP) is 3.15. The van der Waals surface area contributed by atoms with Crippen LogP contribution in [0.4, 0.5) is 0 Å². The van der Waals surface area contributed by atoms with Gasteiger partial charge in [0.25, 0.3) is 0 Å². The highest BCUT2D eigenvalue weighted by atomic mass is 35.5. The minimum atomic E-state index is -0.0492. The van der Waals surface area contributed by atoms with Crippen molar-refractivity contribution >= 4 is 43.2 Å². The Labute approximate surface area is 98.0 Å². The van der Waals surface area contributed by atoms with Gasteiger partial charge in [0.2, 0.25) is 0 Å². The second-order valence-electron chi connectivity index (χ2n) is 2.75. The lowest BCUT2D eigenvalue weighted by molar-refractivity contribution is -0.148. The Balaban J connectivity index is -0.000000333. The number of hydrogen-bond acceptors (Lipinski definition) is 2. The quantitative estimate of drug-likeness (QED) is 0.705. The Morgan fingerprint density at radius 2 is 1.69 bits per heavy atom. The van der Waals surface area contributed by atoms with E-state index in [1.807, 2.05) is 6.92 Å². The zero-order valence-electron chi connectivity index (χ0n) is 7.65. The van der Waals surface area contributed by atoms with Crippen LogP contribution in [0.15, 0.2) is 0 Å². The smallest absolute Gasteiger partial charge is 0.305 e. The zero-order chi connectivity index (χ0) is 7.40. The number of ether oxygens (including phenoxy) is 1. The SMILES string of the molecule is CCC(=O)OC1CCCC1.Cl.Cl.Cl. The lowest BCUT2D eigenvalue weighted by Gasteiger charge is -2.09. The van der Waals surface area contributed by atoms with Gasteiger partial charge in [-0.2, -0.15) is 0 Å². The highest BCUT2D eigenvalue weighted by Crippen LogP contribution is 2.21. The lowest BCUT2D eigenvalue weighted by Crippen LogP contribution is -2.13. The molecule has 1 aliphatic rings. The molecular formula is C8H17Cl3O2. The van der Waals surface area contributed by atoms with E-state index in [0.717, 1.165) is 12.8 Å². The second-order valence-corrected chi connectivity index (χ2v) is 2.75. The normalized spacial score (nSPS) is 14.8. The molecule has 1 saturated carbocycles. The van der Waals surface area contributed by atoms with Crippen molar-refractivity contribution in [1.82, 2.24) is 0 Å². The largest absolute Gasteiger partial charge is 0.462 e. The summed E-state index contributed by atoms with van der Waals surface area (Å²) in [6.07, 6.45) is 5.35. The van der Waals surface area contributed by atoms with E-state index in [2.05, 4.69) is 0 Å². The fraction of sp³-hybridized carbons (Fsp3) is 0.875. The van der Waals surface area contributed by atoms with Gasteiger partial charge in [-0.25, -0.2) is 0 Å². The van der Waals surface area contributed by atoms with Gasteiger partial charge in [0.1, 0.15) is 6.10 Å². The summed E-state index contributed by atoms with van der Waals surface area (Å²) >= 11 is 0. The molecule has 0 saturated heterocycles. The van der Waals surface area contributed by atoms with Crippen molar-refractivity contribution in [2.75, 3.05) is 0 Å². The lowest BCUT2D eigenvalue weighted by atomic mass is 10.3. The molecule has 0 unspecified atom stereocenters. The fourth-order valence-electron chi connectivity index (χ4n) is 1.28. The van der Waals surface area contributed by atoms with E-state index < -0.39 is 0 Å². The number of hydrogen-bond donors (Lipinski definition) is 0. The van der Waals surface area contributed by atoms with Crippen LogP contribution in [0.1, 0.15) is 39.0 Å². The molecule has 2 nitrogen and oxygen atoms in total. The number of carbonyl (C=O) groups is 1. The first kappa shape index (κ1) is 19.0. The molecule has 1 rings (SSSR count). The Kier molecular flexibility index (Phi) is 15.2. The van der Waals surface area contributed by atoms with Crippen molar-refractivity contribution in [3.63, 3.8) is 0 Å². The molecule has 0 heterocycles. The van der Waals surface area contributed by atoms with Gasteiger partial charge in [0.05, 0.1) is 0 Å². The third-order valence-corrected chi connectivity index (χ3v) is 1.89. The van der Waals surface area contributed by atoms with Crippen LogP contribution in [-0.2, 0) is 9.53 Å². The van der Waals surface area contributed by atoms with Crippen LogP contribution >= 0.6 is 37.2 Å². The molecule has 1 aliphatic carbocycles. The zero-order valence-corrected chi connectivity index (χ0v) is 10.1. The van der Waals surface area contributed by atoms with Crippen LogP contribution in [0.25, 0.3) is 0 Å². The maximum absolute atomic E-state index is 10.7. The summed E-state index contributed by atoms with van der Waals surface area (Å²) < 4.78 is 5.12. The van der Waals surface area contributed by atoms with Crippen LogP contribution in [0.2, 0.25) is 0 Å². The first-order valence-electron chi connectivity index (χ1n) is 4.02. The van der Waals surface area contributed by atoms with E-state index in [0.29, 0.717) is 6.42 Å². The van der Waals surface area contributed by atoms with E-state index >= 15 is 0 Å². The molecule has 0 aromatic rings. The molecule has 0 bridgehead atoms. The second kappa shape index (κ2) is 10.4. The third-order valence-electron chi connectivity index (χ3n) is 1.89. The van der Waals surface area contributed by atoms with Gasteiger partial charge in [-0.1, -0.05) is 6.92 Å². The number of rotatable bonds is 2. The average molecular weight is 252 g/mol. The molecule has 0 amide bonds. The Hall–Kier alpha value is 0.340. The Morgan fingerprint density at radius 3 is 2.08 bits per heavy atom.